The summed E-state index contributed by atoms with van der Waals surface area (Å²) in [6, 6.07) is 12.4. The Morgan fingerprint density at radius 1 is 1.17 bits per heavy atom. The maximum absolute atomic E-state index is 12.5. The Bertz CT molecular complexity index is 847. The minimum Gasteiger partial charge on any atom is -0.497 e. The van der Waals surface area contributed by atoms with E-state index in [0.29, 0.717) is 13.0 Å². The average Bonchev–Trinajstić information content (AvgIpc) is 3.35. The number of non-ortho nitro benzene ring substituents is 1. The van der Waals surface area contributed by atoms with Gasteiger partial charge in [0.25, 0.3) is 5.69 Å². The molecule has 0 bridgehead atoms. The summed E-state index contributed by atoms with van der Waals surface area (Å²) in [6.45, 7) is 0.450. The van der Waals surface area contributed by atoms with Gasteiger partial charge in [-0.05, 0) is 36.2 Å². The van der Waals surface area contributed by atoms with Crippen LogP contribution in [0.25, 0.3) is 0 Å². The van der Waals surface area contributed by atoms with E-state index in [2.05, 4.69) is 0 Å². The molecule has 0 N–H and O–H groups in total. The number of ether oxygens (including phenoxy) is 1. The van der Waals surface area contributed by atoms with Crippen molar-refractivity contribution in [2.75, 3.05) is 13.7 Å². The summed E-state index contributed by atoms with van der Waals surface area (Å²) in [5.74, 6) is 0.755. The van der Waals surface area contributed by atoms with E-state index in [9.17, 15) is 18.5 Å². The van der Waals surface area contributed by atoms with Crippen molar-refractivity contribution < 1.29 is 18.1 Å². The third kappa shape index (κ3) is 3.24. The third-order valence-corrected chi connectivity index (χ3v) is 5.88. The summed E-state index contributed by atoms with van der Waals surface area (Å²) in [5, 5.41) is 10.6. The van der Waals surface area contributed by atoms with Gasteiger partial charge >= 0.3 is 0 Å². The number of nitro groups is 1. The van der Waals surface area contributed by atoms with E-state index in [1.165, 1.54) is 28.6 Å². The maximum Gasteiger partial charge on any atom is 0.269 e. The van der Waals surface area contributed by atoms with Crippen LogP contribution in [0.5, 0.6) is 5.75 Å². The second-order valence-corrected chi connectivity index (χ2v) is 7.42. The summed E-state index contributed by atoms with van der Waals surface area (Å²) in [6.07, 6.45) is 0.621. The van der Waals surface area contributed by atoms with Crippen LogP contribution in [-0.2, 0) is 16.4 Å². The molecule has 2 atom stereocenters. The van der Waals surface area contributed by atoms with Crippen molar-refractivity contribution in [3.05, 3.63) is 64.2 Å². The van der Waals surface area contributed by atoms with Crippen molar-refractivity contribution in [1.82, 2.24) is 4.31 Å². The molecule has 7 nitrogen and oxygen atoms in total. The normalized spacial score (nSPS) is 19.7. The number of nitrogens with zero attached hydrogens (tertiary/aromatic N) is 2. The number of nitro benzene ring substituents is 1. The predicted octanol–water partition coefficient (Wildman–Crippen LogP) is 2.22. The highest BCUT2D eigenvalue weighted by molar-refractivity contribution is 7.89. The van der Waals surface area contributed by atoms with Gasteiger partial charge in [0.15, 0.2) is 0 Å². The lowest BCUT2D eigenvalue weighted by Gasteiger charge is -2.07. The highest BCUT2D eigenvalue weighted by atomic mass is 32.2. The molecule has 24 heavy (non-hydrogen) atoms. The molecule has 2 aromatic rings. The van der Waals surface area contributed by atoms with Gasteiger partial charge in [0.05, 0.1) is 16.9 Å². The topological polar surface area (TPSA) is 89.5 Å². The zero-order valence-electron chi connectivity index (χ0n) is 13.0. The van der Waals surface area contributed by atoms with Crippen molar-refractivity contribution in [2.45, 2.75) is 17.4 Å². The fraction of sp³-hybridized carbons (Fsp3) is 0.250. The molecule has 8 heteroatoms. The Balaban J connectivity index is 1.69. The van der Waals surface area contributed by atoms with Gasteiger partial charge in [0.1, 0.15) is 5.75 Å². The molecule has 1 saturated heterocycles. The highest BCUT2D eigenvalue weighted by Crippen LogP contribution is 2.31. The Hall–Kier alpha value is -2.45. The minimum atomic E-state index is -3.60. The highest BCUT2D eigenvalue weighted by Gasteiger charge is 2.44. The maximum atomic E-state index is 12.5. The average molecular weight is 348 g/mol. The summed E-state index contributed by atoms with van der Waals surface area (Å²) in [7, 11) is -2.01. The van der Waals surface area contributed by atoms with E-state index in [1.807, 2.05) is 24.3 Å². The smallest absolute Gasteiger partial charge is 0.269 e. The van der Waals surface area contributed by atoms with Crippen LogP contribution in [-0.4, -0.2) is 37.3 Å². The summed E-state index contributed by atoms with van der Waals surface area (Å²) >= 11 is 0. The number of rotatable bonds is 6. The van der Waals surface area contributed by atoms with Gasteiger partial charge in [0, 0.05) is 24.7 Å². The second-order valence-electron chi connectivity index (χ2n) is 5.53. The lowest BCUT2D eigenvalue weighted by Crippen LogP contribution is -2.15. The summed E-state index contributed by atoms with van der Waals surface area (Å²) in [4.78, 5) is 10.2. The van der Waals surface area contributed by atoms with Gasteiger partial charge in [0.2, 0.25) is 10.0 Å². The number of hydrogen-bond donors (Lipinski definition) is 0. The number of hydrogen-bond acceptors (Lipinski definition) is 5. The quantitative estimate of drug-likeness (QED) is 0.454. The van der Waals surface area contributed by atoms with Gasteiger partial charge < -0.3 is 4.74 Å². The first-order chi connectivity index (χ1) is 11.4. The van der Waals surface area contributed by atoms with Crippen LogP contribution in [0, 0.1) is 10.1 Å². The van der Waals surface area contributed by atoms with Crippen molar-refractivity contribution in [1.29, 1.82) is 0 Å². The molecular formula is C16H16N2O5S. The van der Waals surface area contributed by atoms with Crippen molar-refractivity contribution in [3.8, 4) is 5.75 Å². The molecule has 3 rings (SSSR count). The Morgan fingerprint density at radius 2 is 1.79 bits per heavy atom. The lowest BCUT2D eigenvalue weighted by atomic mass is 10.1. The first-order valence-electron chi connectivity index (χ1n) is 7.31. The summed E-state index contributed by atoms with van der Waals surface area (Å²) in [5.41, 5.74) is 0.900. The molecule has 0 spiro atoms. The number of methoxy groups -OCH3 is 1. The SMILES string of the molecule is COc1ccc(CC2CN2S(=O)(=O)c2ccc([N+](=O)[O-])cc2)cc1. The van der Waals surface area contributed by atoms with Crippen LogP contribution in [0.1, 0.15) is 5.56 Å². The van der Waals surface area contributed by atoms with Gasteiger partial charge in [-0.2, -0.15) is 4.31 Å². The van der Waals surface area contributed by atoms with Gasteiger partial charge in [-0.15, -0.1) is 0 Å². The molecule has 1 heterocycles. The molecule has 0 saturated carbocycles. The standard InChI is InChI=1S/C16H16N2O5S/c1-23-15-6-2-12(3-7-15)10-14-11-17(14)24(21,22)16-8-4-13(5-9-16)18(19)20/h2-9,14H,10-11H2,1H3. The van der Waals surface area contributed by atoms with Crippen molar-refractivity contribution >= 4 is 15.7 Å². The molecule has 2 unspecified atom stereocenters. The third-order valence-electron chi connectivity index (χ3n) is 3.95. The van der Waals surface area contributed by atoms with E-state index in [-0.39, 0.29) is 16.6 Å². The molecule has 1 aliphatic rings. The van der Waals surface area contributed by atoms with Gasteiger partial charge in [-0.1, -0.05) is 12.1 Å². The minimum absolute atomic E-state index is 0.0744. The largest absolute Gasteiger partial charge is 0.497 e. The molecule has 2 aromatic carbocycles. The molecule has 0 aliphatic carbocycles. The predicted molar refractivity (Wildman–Crippen MR) is 87.5 cm³/mol. The molecule has 0 aromatic heterocycles. The fourth-order valence-corrected chi connectivity index (χ4v) is 4.12. The van der Waals surface area contributed by atoms with Crippen LogP contribution < -0.4 is 4.74 Å². The van der Waals surface area contributed by atoms with Crippen LogP contribution in [0.2, 0.25) is 0 Å². The first kappa shape index (κ1) is 16.4. The zero-order valence-corrected chi connectivity index (χ0v) is 13.8. The van der Waals surface area contributed by atoms with E-state index in [1.54, 1.807) is 7.11 Å². The van der Waals surface area contributed by atoms with Crippen molar-refractivity contribution in [2.24, 2.45) is 0 Å². The number of benzene rings is 2. The van der Waals surface area contributed by atoms with Crippen LogP contribution in [0.3, 0.4) is 0 Å². The van der Waals surface area contributed by atoms with Gasteiger partial charge in [-0.25, -0.2) is 8.42 Å². The first-order valence-corrected chi connectivity index (χ1v) is 8.75. The van der Waals surface area contributed by atoms with E-state index < -0.39 is 14.9 Å². The molecular weight excluding hydrogens is 332 g/mol. The summed E-state index contributed by atoms with van der Waals surface area (Å²) < 4.78 is 31.5. The monoisotopic (exact) mass is 348 g/mol. The van der Waals surface area contributed by atoms with E-state index in [4.69, 9.17) is 4.74 Å². The Labute approximate surface area is 139 Å². The molecule has 1 aliphatic heterocycles. The molecule has 1 fully saturated rings. The molecule has 0 radical (unpaired) electrons. The van der Waals surface area contributed by atoms with Crippen molar-refractivity contribution in [3.63, 3.8) is 0 Å². The van der Waals surface area contributed by atoms with Gasteiger partial charge in [-0.3, -0.25) is 10.1 Å². The van der Waals surface area contributed by atoms with Crippen LogP contribution >= 0.6 is 0 Å². The Kier molecular flexibility index (Phi) is 4.25. The molecule has 0 amide bonds. The fourth-order valence-electron chi connectivity index (χ4n) is 2.53. The molecule has 126 valence electrons. The lowest BCUT2D eigenvalue weighted by molar-refractivity contribution is -0.384. The number of sulfonamides is 1. The van der Waals surface area contributed by atoms with E-state index in [0.717, 1.165) is 11.3 Å². The Morgan fingerprint density at radius 3 is 2.33 bits per heavy atom. The van der Waals surface area contributed by atoms with Crippen LogP contribution in [0.15, 0.2) is 53.4 Å². The second kappa shape index (κ2) is 6.21. The van der Waals surface area contributed by atoms with Crippen LogP contribution in [0.4, 0.5) is 5.69 Å². The van der Waals surface area contributed by atoms with E-state index >= 15 is 0 Å². The zero-order chi connectivity index (χ0) is 17.3.